The Hall–Kier alpha value is -0.340. The van der Waals surface area contributed by atoms with Crippen molar-refractivity contribution in [3.05, 3.63) is 33.8 Å². The van der Waals surface area contributed by atoms with Crippen LogP contribution in [0.2, 0.25) is 0 Å². The van der Waals surface area contributed by atoms with Crippen LogP contribution in [0.4, 0.5) is 0 Å². The molecule has 0 saturated heterocycles. The SMILES string of the molecule is Cc1cc(CNC2CCC(C)C2)ccc1Br. The van der Waals surface area contributed by atoms with Crippen LogP contribution in [0.5, 0.6) is 0 Å². The first kappa shape index (κ1) is 12.1. The fraction of sp³-hybridized carbons (Fsp3) is 0.571. The lowest BCUT2D eigenvalue weighted by Gasteiger charge is -2.13. The molecular formula is C14H20BrN. The van der Waals surface area contributed by atoms with E-state index in [0.29, 0.717) is 0 Å². The molecule has 1 aliphatic carbocycles. The minimum absolute atomic E-state index is 0.735. The lowest BCUT2D eigenvalue weighted by molar-refractivity contribution is 0.502. The Labute approximate surface area is 107 Å². The number of hydrogen-bond donors (Lipinski definition) is 1. The summed E-state index contributed by atoms with van der Waals surface area (Å²) in [7, 11) is 0. The molecule has 2 rings (SSSR count). The summed E-state index contributed by atoms with van der Waals surface area (Å²) in [6, 6.07) is 7.33. The van der Waals surface area contributed by atoms with Gasteiger partial charge >= 0.3 is 0 Å². The molecular weight excluding hydrogens is 262 g/mol. The molecule has 2 unspecified atom stereocenters. The summed E-state index contributed by atoms with van der Waals surface area (Å²) in [6.07, 6.45) is 4.07. The normalized spacial score (nSPS) is 24.9. The van der Waals surface area contributed by atoms with Crippen molar-refractivity contribution < 1.29 is 0 Å². The van der Waals surface area contributed by atoms with E-state index in [1.54, 1.807) is 0 Å². The fourth-order valence-electron chi connectivity index (χ4n) is 2.47. The van der Waals surface area contributed by atoms with E-state index in [-0.39, 0.29) is 0 Å². The van der Waals surface area contributed by atoms with Crippen molar-refractivity contribution in [1.29, 1.82) is 0 Å². The molecule has 16 heavy (non-hydrogen) atoms. The molecule has 1 N–H and O–H groups in total. The first-order valence-electron chi connectivity index (χ1n) is 6.13. The van der Waals surface area contributed by atoms with Gasteiger partial charge in [-0.15, -0.1) is 0 Å². The molecule has 0 spiro atoms. The second-order valence-electron chi connectivity index (χ2n) is 5.08. The summed E-state index contributed by atoms with van der Waals surface area (Å²) in [4.78, 5) is 0. The highest BCUT2D eigenvalue weighted by atomic mass is 79.9. The Kier molecular flexibility index (Phi) is 4.04. The highest BCUT2D eigenvalue weighted by Gasteiger charge is 2.20. The molecule has 1 aromatic carbocycles. The van der Waals surface area contributed by atoms with E-state index < -0.39 is 0 Å². The standard InChI is InChI=1S/C14H20BrN/c1-10-3-5-13(7-10)16-9-12-4-6-14(15)11(2)8-12/h4,6,8,10,13,16H,3,5,7,9H2,1-2H3. The number of nitrogens with one attached hydrogen (secondary N) is 1. The van der Waals surface area contributed by atoms with Gasteiger partial charge in [0.05, 0.1) is 0 Å². The molecule has 2 atom stereocenters. The molecule has 1 aliphatic rings. The van der Waals surface area contributed by atoms with Crippen molar-refractivity contribution in [2.75, 3.05) is 0 Å². The molecule has 0 bridgehead atoms. The van der Waals surface area contributed by atoms with Gasteiger partial charge in [-0.25, -0.2) is 0 Å². The zero-order valence-electron chi connectivity index (χ0n) is 10.1. The minimum Gasteiger partial charge on any atom is -0.310 e. The van der Waals surface area contributed by atoms with Crippen LogP contribution in [0.25, 0.3) is 0 Å². The lowest BCUT2D eigenvalue weighted by atomic mass is 10.1. The number of aryl methyl sites for hydroxylation is 1. The number of halogens is 1. The third-order valence-electron chi connectivity index (χ3n) is 3.51. The summed E-state index contributed by atoms with van der Waals surface area (Å²) in [5.41, 5.74) is 2.71. The number of hydrogen-bond acceptors (Lipinski definition) is 1. The average Bonchev–Trinajstić information content (AvgIpc) is 2.66. The van der Waals surface area contributed by atoms with Gasteiger partial charge in [-0.3, -0.25) is 0 Å². The van der Waals surface area contributed by atoms with Crippen molar-refractivity contribution in [2.45, 2.75) is 45.7 Å². The van der Waals surface area contributed by atoms with Gasteiger partial charge in [0.2, 0.25) is 0 Å². The Morgan fingerprint density at radius 3 is 2.81 bits per heavy atom. The van der Waals surface area contributed by atoms with E-state index in [2.05, 4.69) is 53.3 Å². The predicted molar refractivity (Wildman–Crippen MR) is 72.5 cm³/mol. The molecule has 2 heteroatoms. The Bertz CT molecular complexity index is 362. The monoisotopic (exact) mass is 281 g/mol. The smallest absolute Gasteiger partial charge is 0.0208 e. The Balaban J connectivity index is 1.87. The maximum absolute atomic E-state index is 3.66. The molecule has 0 radical (unpaired) electrons. The van der Waals surface area contributed by atoms with Gasteiger partial charge in [-0.1, -0.05) is 35.0 Å². The van der Waals surface area contributed by atoms with Gasteiger partial charge in [0.1, 0.15) is 0 Å². The molecule has 0 aromatic heterocycles. The second kappa shape index (κ2) is 5.33. The lowest BCUT2D eigenvalue weighted by Crippen LogP contribution is -2.25. The van der Waals surface area contributed by atoms with E-state index in [1.807, 2.05) is 0 Å². The predicted octanol–water partition coefficient (Wildman–Crippen LogP) is 4.04. The highest BCUT2D eigenvalue weighted by molar-refractivity contribution is 9.10. The topological polar surface area (TPSA) is 12.0 Å². The first-order chi connectivity index (χ1) is 7.65. The molecule has 88 valence electrons. The van der Waals surface area contributed by atoms with Crippen LogP contribution < -0.4 is 5.32 Å². The van der Waals surface area contributed by atoms with Crippen LogP contribution in [-0.4, -0.2) is 6.04 Å². The third-order valence-corrected chi connectivity index (χ3v) is 4.40. The Morgan fingerprint density at radius 1 is 1.38 bits per heavy atom. The zero-order chi connectivity index (χ0) is 11.5. The van der Waals surface area contributed by atoms with Crippen LogP contribution in [-0.2, 0) is 6.54 Å². The van der Waals surface area contributed by atoms with Crippen LogP contribution in [0.15, 0.2) is 22.7 Å². The molecule has 0 heterocycles. The van der Waals surface area contributed by atoms with Crippen molar-refractivity contribution in [1.82, 2.24) is 5.32 Å². The van der Waals surface area contributed by atoms with Crippen molar-refractivity contribution in [2.24, 2.45) is 5.92 Å². The van der Waals surface area contributed by atoms with Crippen LogP contribution >= 0.6 is 15.9 Å². The van der Waals surface area contributed by atoms with Gasteiger partial charge < -0.3 is 5.32 Å². The molecule has 1 nitrogen and oxygen atoms in total. The Morgan fingerprint density at radius 2 is 2.19 bits per heavy atom. The maximum Gasteiger partial charge on any atom is 0.0208 e. The quantitative estimate of drug-likeness (QED) is 0.882. The van der Waals surface area contributed by atoms with Crippen molar-refractivity contribution >= 4 is 15.9 Å². The van der Waals surface area contributed by atoms with E-state index in [4.69, 9.17) is 0 Å². The van der Waals surface area contributed by atoms with Gasteiger partial charge in [-0.05, 0) is 49.3 Å². The maximum atomic E-state index is 3.66. The van der Waals surface area contributed by atoms with Gasteiger partial charge in [0, 0.05) is 17.1 Å². The molecule has 1 saturated carbocycles. The summed E-state index contributed by atoms with van der Waals surface area (Å²) < 4.78 is 1.20. The van der Waals surface area contributed by atoms with Crippen LogP contribution in [0.3, 0.4) is 0 Å². The van der Waals surface area contributed by atoms with Gasteiger partial charge in [0.15, 0.2) is 0 Å². The van der Waals surface area contributed by atoms with Gasteiger partial charge in [-0.2, -0.15) is 0 Å². The molecule has 0 aliphatic heterocycles. The fourth-order valence-corrected chi connectivity index (χ4v) is 2.72. The highest BCUT2D eigenvalue weighted by Crippen LogP contribution is 2.25. The summed E-state index contributed by atoms with van der Waals surface area (Å²) in [5, 5.41) is 3.66. The van der Waals surface area contributed by atoms with Crippen LogP contribution in [0.1, 0.15) is 37.3 Å². The molecule has 0 amide bonds. The minimum atomic E-state index is 0.735. The molecule has 1 aromatic rings. The van der Waals surface area contributed by atoms with E-state index >= 15 is 0 Å². The summed E-state index contributed by atoms with van der Waals surface area (Å²) in [6.45, 7) is 5.50. The average molecular weight is 282 g/mol. The number of rotatable bonds is 3. The first-order valence-corrected chi connectivity index (χ1v) is 6.93. The van der Waals surface area contributed by atoms with E-state index in [1.165, 1.54) is 34.9 Å². The molecule has 1 fully saturated rings. The van der Waals surface area contributed by atoms with Gasteiger partial charge in [0.25, 0.3) is 0 Å². The second-order valence-corrected chi connectivity index (χ2v) is 5.93. The van der Waals surface area contributed by atoms with Crippen molar-refractivity contribution in [3.8, 4) is 0 Å². The van der Waals surface area contributed by atoms with E-state index in [0.717, 1.165) is 18.5 Å². The summed E-state index contributed by atoms with van der Waals surface area (Å²) in [5.74, 6) is 0.907. The third kappa shape index (κ3) is 3.08. The van der Waals surface area contributed by atoms with E-state index in [9.17, 15) is 0 Å². The zero-order valence-corrected chi connectivity index (χ0v) is 11.7. The largest absolute Gasteiger partial charge is 0.310 e. The number of benzene rings is 1. The summed E-state index contributed by atoms with van der Waals surface area (Å²) >= 11 is 3.53. The van der Waals surface area contributed by atoms with Crippen LogP contribution in [0, 0.1) is 12.8 Å². The van der Waals surface area contributed by atoms with Crippen molar-refractivity contribution in [3.63, 3.8) is 0 Å².